The monoisotopic (exact) mass is 329 g/mol. The first kappa shape index (κ1) is 16.0. The summed E-state index contributed by atoms with van der Waals surface area (Å²) in [5.41, 5.74) is 3.85. The number of rotatable bonds is 4. The lowest BCUT2D eigenvalue weighted by Crippen LogP contribution is -2.48. The van der Waals surface area contributed by atoms with Gasteiger partial charge < -0.3 is 9.80 Å². The van der Waals surface area contributed by atoms with Gasteiger partial charge in [0.2, 0.25) is 5.91 Å². The summed E-state index contributed by atoms with van der Waals surface area (Å²) in [6.07, 6.45) is 3.26. The number of amides is 1. The summed E-state index contributed by atoms with van der Waals surface area (Å²) in [5.74, 6) is 0.266. The van der Waals surface area contributed by atoms with Crippen molar-refractivity contribution in [2.45, 2.75) is 26.7 Å². The number of aryl methyl sites for hydroxylation is 3. The van der Waals surface area contributed by atoms with Crippen LogP contribution in [0, 0.1) is 13.8 Å². The SMILES string of the molecule is Cc1ccc(CCC(=O)N2CCN(c3nccs3)CC2)cc1C. The Morgan fingerprint density at radius 2 is 1.96 bits per heavy atom. The molecule has 1 amide bonds. The van der Waals surface area contributed by atoms with E-state index in [1.807, 2.05) is 16.5 Å². The fraction of sp³-hybridized carbons (Fsp3) is 0.444. The lowest BCUT2D eigenvalue weighted by atomic mass is 10.0. The molecule has 2 aromatic rings. The second kappa shape index (κ2) is 7.13. The van der Waals surface area contributed by atoms with Crippen LogP contribution in [0.4, 0.5) is 5.13 Å². The van der Waals surface area contributed by atoms with Crippen molar-refractivity contribution in [3.05, 3.63) is 46.5 Å². The van der Waals surface area contributed by atoms with E-state index in [0.29, 0.717) is 6.42 Å². The van der Waals surface area contributed by atoms with Crippen molar-refractivity contribution in [1.82, 2.24) is 9.88 Å². The fourth-order valence-corrected chi connectivity index (χ4v) is 3.58. The Kier molecular flexibility index (Phi) is 4.96. The van der Waals surface area contributed by atoms with Crippen molar-refractivity contribution < 1.29 is 4.79 Å². The Balaban J connectivity index is 1.48. The third-order valence-corrected chi connectivity index (χ3v) is 5.35. The van der Waals surface area contributed by atoms with Crippen molar-refractivity contribution in [3.8, 4) is 0 Å². The molecular weight excluding hydrogens is 306 g/mol. The molecule has 5 heteroatoms. The fourth-order valence-electron chi connectivity index (χ4n) is 2.89. The summed E-state index contributed by atoms with van der Waals surface area (Å²) in [4.78, 5) is 21.0. The number of hydrogen-bond acceptors (Lipinski definition) is 4. The highest BCUT2D eigenvalue weighted by molar-refractivity contribution is 7.13. The summed E-state index contributed by atoms with van der Waals surface area (Å²) in [7, 11) is 0. The van der Waals surface area contributed by atoms with Crippen LogP contribution >= 0.6 is 11.3 Å². The summed E-state index contributed by atoms with van der Waals surface area (Å²) < 4.78 is 0. The molecule has 1 aromatic heterocycles. The van der Waals surface area contributed by atoms with E-state index in [9.17, 15) is 4.79 Å². The zero-order valence-electron chi connectivity index (χ0n) is 13.8. The smallest absolute Gasteiger partial charge is 0.223 e. The average Bonchev–Trinajstić information content (AvgIpc) is 3.10. The van der Waals surface area contributed by atoms with E-state index in [1.165, 1.54) is 16.7 Å². The Morgan fingerprint density at radius 3 is 2.61 bits per heavy atom. The van der Waals surface area contributed by atoms with Crippen LogP contribution in [-0.2, 0) is 11.2 Å². The number of thiazole rings is 1. The van der Waals surface area contributed by atoms with Gasteiger partial charge >= 0.3 is 0 Å². The van der Waals surface area contributed by atoms with Gasteiger partial charge in [0.05, 0.1) is 0 Å². The van der Waals surface area contributed by atoms with Crippen LogP contribution in [0.1, 0.15) is 23.1 Å². The van der Waals surface area contributed by atoms with Crippen LogP contribution in [-0.4, -0.2) is 42.0 Å². The number of carbonyl (C=O) groups excluding carboxylic acids is 1. The molecule has 0 spiro atoms. The highest BCUT2D eigenvalue weighted by Crippen LogP contribution is 2.19. The van der Waals surface area contributed by atoms with Gasteiger partial charge in [-0.2, -0.15) is 0 Å². The molecular formula is C18H23N3OS. The Labute approximate surface area is 141 Å². The highest BCUT2D eigenvalue weighted by atomic mass is 32.1. The summed E-state index contributed by atoms with van der Waals surface area (Å²) in [5, 5.41) is 3.06. The van der Waals surface area contributed by atoms with Crippen LogP contribution in [0.5, 0.6) is 0 Å². The molecule has 3 rings (SSSR count). The Bertz CT molecular complexity index is 661. The highest BCUT2D eigenvalue weighted by Gasteiger charge is 2.22. The van der Waals surface area contributed by atoms with Gasteiger partial charge in [0.25, 0.3) is 0 Å². The van der Waals surface area contributed by atoms with Gasteiger partial charge in [-0.1, -0.05) is 18.2 Å². The lowest BCUT2D eigenvalue weighted by molar-refractivity contribution is -0.131. The first-order valence-electron chi connectivity index (χ1n) is 8.12. The maximum absolute atomic E-state index is 12.4. The van der Waals surface area contributed by atoms with Gasteiger partial charge in [0, 0.05) is 44.2 Å². The van der Waals surface area contributed by atoms with E-state index in [2.05, 4.69) is 41.9 Å². The van der Waals surface area contributed by atoms with Crippen molar-refractivity contribution in [3.63, 3.8) is 0 Å². The molecule has 1 aliphatic heterocycles. The topological polar surface area (TPSA) is 36.4 Å². The van der Waals surface area contributed by atoms with E-state index in [-0.39, 0.29) is 5.91 Å². The van der Waals surface area contributed by atoms with E-state index in [0.717, 1.165) is 37.7 Å². The predicted molar refractivity (Wildman–Crippen MR) is 95.1 cm³/mol. The molecule has 0 bridgehead atoms. The molecule has 0 aliphatic carbocycles. The summed E-state index contributed by atoms with van der Waals surface area (Å²) >= 11 is 1.66. The number of carbonyl (C=O) groups is 1. The van der Waals surface area contributed by atoms with Gasteiger partial charge in [0.15, 0.2) is 5.13 Å². The van der Waals surface area contributed by atoms with Crippen LogP contribution in [0.25, 0.3) is 0 Å². The number of anilines is 1. The average molecular weight is 329 g/mol. The maximum atomic E-state index is 12.4. The molecule has 0 radical (unpaired) electrons. The molecule has 0 unspecified atom stereocenters. The molecule has 1 saturated heterocycles. The molecule has 4 nitrogen and oxygen atoms in total. The first-order valence-corrected chi connectivity index (χ1v) is 9.00. The minimum Gasteiger partial charge on any atom is -0.345 e. The van der Waals surface area contributed by atoms with E-state index >= 15 is 0 Å². The second-order valence-electron chi connectivity index (χ2n) is 6.10. The molecule has 1 fully saturated rings. The zero-order valence-corrected chi connectivity index (χ0v) is 14.6. The maximum Gasteiger partial charge on any atom is 0.223 e. The molecule has 1 aromatic carbocycles. The van der Waals surface area contributed by atoms with E-state index < -0.39 is 0 Å². The minimum atomic E-state index is 0.266. The number of aromatic nitrogens is 1. The Morgan fingerprint density at radius 1 is 1.17 bits per heavy atom. The predicted octanol–water partition coefficient (Wildman–Crippen LogP) is 3.04. The third kappa shape index (κ3) is 3.91. The van der Waals surface area contributed by atoms with E-state index in [4.69, 9.17) is 0 Å². The quantitative estimate of drug-likeness (QED) is 0.865. The molecule has 0 atom stereocenters. The number of hydrogen-bond donors (Lipinski definition) is 0. The van der Waals surface area contributed by atoms with Gasteiger partial charge in [-0.3, -0.25) is 4.79 Å². The second-order valence-corrected chi connectivity index (χ2v) is 6.97. The standard InChI is InChI=1S/C18H23N3OS/c1-14-3-4-16(13-15(14)2)5-6-17(22)20-8-10-21(11-9-20)18-19-7-12-23-18/h3-4,7,12-13H,5-6,8-11H2,1-2H3. The molecule has 122 valence electrons. The van der Waals surface area contributed by atoms with Crippen molar-refractivity contribution in [2.75, 3.05) is 31.1 Å². The molecule has 0 N–H and O–H groups in total. The van der Waals surface area contributed by atoms with Crippen LogP contribution in [0.3, 0.4) is 0 Å². The van der Waals surface area contributed by atoms with Gasteiger partial charge in [0.1, 0.15) is 0 Å². The Hall–Kier alpha value is -1.88. The van der Waals surface area contributed by atoms with Gasteiger partial charge in [-0.05, 0) is 37.0 Å². The minimum absolute atomic E-state index is 0.266. The van der Waals surface area contributed by atoms with Crippen LogP contribution in [0.2, 0.25) is 0 Å². The number of piperazine rings is 1. The summed E-state index contributed by atoms with van der Waals surface area (Å²) in [6, 6.07) is 6.47. The van der Waals surface area contributed by atoms with E-state index in [1.54, 1.807) is 11.3 Å². The number of benzene rings is 1. The molecule has 1 aliphatic rings. The normalized spacial score (nSPS) is 15.0. The van der Waals surface area contributed by atoms with Gasteiger partial charge in [-0.15, -0.1) is 11.3 Å². The zero-order chi connectivity index (χ0) is 16.2. The van der Waals surface area contributed by atoms with Gasteiger partial charge in [-0.25, -0.2) is 4.98 Å². The lowest BCUT2D eigenvalue weighted by Gasteiger charge is -2.34. The molecule has 2 heterocycles. The van der Waals surface area contributed by atoms with Crippen LogP contribution < -0.4 is 4.90 Å². The van der Waals surface area contributed by atoms with Crippen molar-refractivity contribution >= 4 is 22.4 Å². The summed E-state index contributed by atoms with van der Waals surface area (Å²) in [6.45, 7) is 7.59. The van der Waals surface area contributed by atoms with Crippen LogP contribution in [0.15, 0.2) is 29.8 Å². The van der Waals surface area contributed by atoms with Crippen molar-refractivity contribution in [2.24, 2.45) is 0 Å². The molecule has 23 heavy (non-hydrogen) atoms. The largest absolute Gasteiger partial charge is 0.345 e. The van der Waals surface area contributed by atoms with Crippen molar-refractivity contribution in [1.29, 1.82) is 0 Å². The number of nitrogens with zero attached hydrogens (tertiary/aromatic N) is 3. The third-order valence-electron chi connectivity index (χ3n) is 4.52. The first-order chi connectivity index (χ1) is 11.1. The molecule has 0 saturated carbocycles.